The Morgan fingerprint density at radius 2 is 1.55 bits per heavy atom. The SMILES string of the molecule is CCCCCCCCC(NCC)C1C2C3CCC(C3)C21. The van der Waals surface area contributed by atoms with Gasteiger partial charge in [0.05, 0.1) is 0 Å². The molecule has 116 valence electrons. The van der Waals surface area contributed by atoms with Crippen LogP contribution in [0.3, 0.4) is 0 Å². The van der Waals surface area contributed by atoms with Crippen molar-refractivity contribution in [3.63, 3.8) is 0 Å². The number of rotatable bonds is 10. The van der Waals surface area contributed by atoms with Crippen LogP contribution in [-0.4, -0.2) is 12.6 Å². The van der Waals surface area contributed by atoms with E-state index in [-0.39, 0.29) is 0 Å². The topological polar surface area (TPSA) is 12.0 Å². The molecule has 3 fully saturated rings. The van der Waals surface area contributed by atoms with E-state index in [9.17, 15) is 0 Å². The highest BCUT2D eigenvalue weighted by molar-refractivity contribution is 5.15. The van der Waals surface area contributed by atoms with Gasteiger partial charge in [0.25, 0.3) is 0 Å². The van der Waals surface area contributed by atoms with Crippen LogP contribution in [0.5, 0.6) is 0 Å². The minimum absolute atomic E-state index is 0.865. The summed E-state index contributed by atoms with van der Waals surface area (Å²) in [7, 11) is 0. The van der Waals surface area contributed by atoms with Gasteiger partial charge >= 0.3 is 0 Å². The predicted molar refractivity (Wildman–Crippen MR) is 86.8 cm³/mol. The molecule has 0 heterocycles. The van der Waals surface area contributed by atoms with E-state index < -0.39 is 0 Å². The van der Waals surface area contributed by atoms with Gasteiger partial charge in [0.1, 0.15) is 0 Å². The summed E-state index contributed by atoms with van der Waals surface area (Å²) in [6.07, 6.45) is 14.9. The average molecular weight is 277 g/mol. The van der Waals surface area contributed by atoms with Crippen molar-refractivity contribution < 1.29 is 0 Å². The van der Waals surface area contributed by atoms with Gasteiger partial charge in [-0.15, -0.1) is 0 Å². The second-order valence-corrected chi connectivity index (χ2v) is 7.79. The van der Waals surface area contributed by atoms with E-state index in [2.05, 4.69) is 19.2 Å². The highest BCUT2D eigenvalue weighted by Crippen LogP contribution is 2.70. The maximum atomic E-state index is 3.84. The minimum Gasteiger partial charge on any atom is -0.314 e. The lowest BCUT2D eigenvalue weighted by Crippen LogP contribution is -2.33. The van der Waals surface area contributed by atoms with Crippen molar-refractivity contribution in [2.45, 2.75) is 84.1 Å². The summed E-state index contributed by atoms with van der Waals surface area (Å²) < 4.78 is 0. The fourth-order valence-corrected chi connectivity index (χ4v) is 5.77. The van der Waals surface area contributed by atoms with E-state index in [4.69, 9.17) is 0 Å². The quantitative estimate of drug-likeness (QED) is 0.554. The fraction of sp³-hybridized carbons (Fsp3) is 1.00. The molecule has 3 aliphatic rings. The molecule has 0 aliphatic heterocycles. The van der Waals surface area contributed by atoms with Gasteiger partial charge in [-0.1, -0.05) is 52.4 Å². The van der Waals surface area contributed by atoms with Gasteiger partial charge < -0.3 is 5.32 Å². The molecule has 0 radical (unpaired) electrons. The molecule has 5 atom stereocenters. The smallest absolute Gasteiger partial charge is 0.0101 e. The Bertz CT molecular complexity index is 284. The Balaban J connectivity index is 1.39. The summed E-state index contributed by atoms with van der Waals surface area (Å²) in [5.74, 6) is 5.66. The first-order chi connectivity index (χ1) is 9.86. The number of hydrogen-bond acceptors (Lipinski definition) is 1. The molecule has 3 rings (SSSR count). The monoisotopic (exact) mass is 277 g/mol. The van der Waals surface area contributed by atoms with Gasteiger partial charge in [-0.3, -0.25) is 0 Å². The summed E-state index contributed by atoms with van der Waals surface area (Å²) in [4.78, 5) is 0. The van der Waals surface area contributed by atoms with Crippen molar-refractivity contribution in [1.82, 2.24) is 5.32 Å². The summed E-state index contributed by atoms with van der Waals surface area (Å²) in [6, 6.07) is 0.865. The molecule has 0 saturated heterocycles. The van der Waals surface area contributed by atoms with E-state index in [0.717, 1.165) is 35.6 Å². The van der Waals surface area contributed by atoms with Gasteiger partial charge in [-0.25, -0.2) is 0 Å². The lowest BCUT2D eigenvalue weighted by molar-refractivity contribution is 0.344. The van der Waals surface area contributed by atoms with Gasteiger partial charge in [0.2, 0.25) is 0 Å². The largest absolute Gasteiger partial charge is 0.314 e. The molecule has 20 heavy (non-hydrogen) atoms. The Hall–Kier alpha value is -0.0400. The molecule has 0 aromatic heterocycles. The zero-order valence-electron chi connectivity index (χ0n) is 13.7. The third-order valence-electron chi connectivity index (χ3n) is 6.59. The zero-order valence-corrected chi connectivity index (χ0v) is 13.7. The van der Waals surface area contributed by atoms with Crippen molar-refractivity contribution in [2.75, 3.05) is 6.54 Å². The average Bonchev–Trinajstić information content (AvgIpc) is 2.88. The maximum Gasteiger partial charge on any atom is 0.0101 e. The highest BCUT2D eigenvalue weighted by atomic mass is 14.9. The van der Waals surface area contributed by atoms with Crippen LogP contribution in [0.15, 0.2) is 0 Å². The van der Waals surface area contributed by atoms with E-state index in [0.29, 0.717) is 0 Å². The number of fused-ring (bicyclic) bond motifs is 5. The minimum atomic E-state index is 0.865. The Labute approximate surface area is 126 Å². The van der Waals surface area contributed by atoms with E-state index >= 15 is 0 Å². The number of nitrogens with one attached hydrogen (secondary N) is 1. The Morgan fingerprint density at radius 3 is 2.20 bits per heavy atom. The molecule has 1 nitrogen and oxygen atoms in total. The molecule has 0 aromatic rings. The van der Waals surface area contributed by atoms with E-state index in [1.807, 2.05) is 0 Å². The predicted octanol–water partition coefficient (Wildman–Crippen LogP) is 5.01. The maximum absolute atomic E-state index is 3.84. The van der Waals surface area contributed by atoms with E-state index in [1.54, 1.807) is 19.3 Å². The zero-order chi connectivity index (χ0) is 13.9. The van der Waals surface area contributed by atoms with Gasteiger partial charge in [0.15, 0.2) is 0 Å². The lowest BCUT2D eigenvalue weighted by Gasteiger charge is -2.21. The van der Waals surface area contributed by atoms with Crippen molar-refractivity contribution in [3.05, 3.63) is 0 Å². The summed E-state index contributed by atoms with van der Waals surface area (Å²) >= 11 is 0. The highest BCUT2D eigenvalue weighted by Gasteiger charge is 2.66. The van der Waals surface area contributed by atoms with Crippen LogP contribution in [0.2, 0.25) is 0 Å². The molecular formula is C19H35N. The summed E-state index contributed by atoms with van der Waals surface area (Å²) in [5.41, 5.74) is 0. The molecule has 1 N–H and O–H groups in total. The first kappa shape index (κ1) is 14.9. The molecular weight excluding hydrogens is 242 g/mol. The van der Waals surface area contributed by atoms with Crippen LogP contribution >= 0.6 is 0 Å². The van der Waals surface area contributed by atoms with Crippen LogP contribution in [0.4, 0.5) is 0 Å². The molecule has 0 aromatic carbocycles. The van der Waals surface area contributed by atoms with E-state index in [1.165, 1.54) is 51.5 Å². The number of hydrogen-bond donors (Lipinski definition) is 1. The van der Waals surface area contributed by atoms with Crippen LogP contribution in [0.1, 0.15) is 78.1 Å². The van der Waals surface area contributed by atoms with Gasteiger partial charge in [-0.05, 0) is 61.8 Å². The standard InChI is InChI=1S/C19H35N/c1-3-5-6-7-8-9-10-16(20-4-2)19-17-14-11-12-15(13-14)18(17)19/h14-20H,3-13H2,1-2H3. The molecule has 1 heteroatoms. The van der Waals surface area contributed by atoms with Crippen LogP contribution in [0.25, 0.3) is 0 Å². The van der Waals surface area contributed by atoms with Crippen LogP contribution in [0, 0.1) is 29.6 Å². The second kappa shape index (κ2) is 6.81. The molecule has 0 amide bonds. The van der Waals surface area contributed by atoms with Crippen LogP contribution < -0.4 is 5.32 Å². The Morgan fingerprint density at radius 1 is 0.900 bits per heavy atom. The lowest BCUT2D eigenvalue weighted by atomic mass is 9.94. The second-order valence-electron chi connectivity index (χ2n) is 7.79. The normalized spacial score (nSPS) is 39.0. The van der Waals surface area contributed by atoms with Crippen molar-refractivity contribution in [2.24, 2.45) is 29.6 Å². The molecule has 2 bridgehead atoms. The van der Waals surface area contributed by atoms with Crippen molar-refractivity contribution in [1.29, 1.82) is 0 Å². The summed E-state index contributed by atoms with van der Waals surface area (Å²) in [5, 5.41) is 3.84. The third-order valence-corrected chi connectivity index (χ3v) is 6.59. The van der Waals surface area contributed by atoms with Gasteiger partial charge in [0, 0.05) is 6.04 Å². The Kier molecular flexibility index (Phi) is 5.07. The fourth-order valence-electron chi connectivity index (χ4n) is 5.77. The molecule has 5 unspecified atom stereocenters. The van der Waals surface area contributed by atoms with Gasteiger partial charge in [-0.2, -0.15) is 0 Å². The third kappa shape index (κ3) is 2.93. The van der Waals surface area contributed by atoms with Crippen LogP contribution in [-0.2, 0) is 0 Å². The first-order valence-electron chi connectivity index (χ1n) is 9.60. The molecule has 3 saturated carbocycles. The summed E-state index contributed by atoms with van der Waals surface area (Å²) in [6.45, 7) is 5.77. The van der Waals surface area contributed by atoms with Crippen molar-refractivity contribution in [3.8, 4) is 0 Å². The van der Waals surface area contributed by atoms with Crippen molar-refractivity contribution >= 4 is 0 Å². The number of unbranched alkanes of at least 4 members (excludes halogenated alkanes) is 5. The molecule has 0 spiro atoms. The first-order valence-corrected chi connectivity index (χ1v) is 9.60. The molecule has 3 aliphatic carbocycles.